The number of hydrogen-bond donors (Lipinski definition) is 4. The van der Waals surface area contributed by atoms with Crippen molar-refractivity contribution >= 4 is 29.2 Å². The van der Waals surface area contributed by atoms with Crippen LogP contribution in [0, 0.1) is 0 Å². The zero-order valence-electron chi connectivity index (χ0n) is 31.6. The molecule has 6 aromatic carbocycles. The van der Waals surface area contributed by atoms with E-state index in [1.54, 1.807) is 72.8 Å². The molecule has 0 spiro atoms. The Morgan fingerprint density at radius 2 is 1.15 bits per heavy atom. The molecule has 4 N–H and O–H groups in total. The number of benzene rings is 6. The Bertz CT molecular complexity index is 2290. The third-order valence-electron chi connectivity index (χ3n) is 8.65. The van der Waals surface area contributed by atoms with Gasteiger partial charge in [0, 0.05) is 5.69 Å². The van der Waals surface area contributed by atoms with E-state index in [0.29, 0.717) is 45.1 Å². The van der Waals surface area contributed by atoms with Crippen LogP contribution in [-0.4, -0.2) is 35.0 Å². The Kier molecular flexibility index (Phi) is 15.1. The monoisotopic (exact) mass is 800 g/mol. The molecule has 0 bridgehead atoms. The summed E-state index contributed by atoms with van der Waals surface area (Å²) in [7, 11) is 0. The fourth-order valence-electron chi connectivity index (χ4n) is 5.57. The number of ether oxygens (including phenoxy) is 3. The van der Waals surface area contributed by atoms with Crippen LogP contribution in [0.5, 0.6) is 11.5 Å². The third kappa shape index (κ3) is 12.7. The van der Waals surface area contributed by atoms with Crippen LogP contribution >= 0.6 is 0 Å². The van der Waals surface area contributed by atoms with E-state index in [0.717, 1.165) is 11.1 Å². The van der Waals surface area contributed by atoms with Crippen molar-refractivity contribution in [2.45, 2.75) is 33.0 Å². The summed E-state index contributed by atoms with van der Waals surface area (Å²) in [4.78, 5) is 58.3. The molecule has 14 heteroatoms. The molecule has 0 heterocycles. The molecular weight excluding hydrogens is 760 g/mol. The minimum atomic E-state index is -1.24. The maximum Gasteiger partial charge on any atom is 0.338 e. The summed E-state index contributed by atoms with van der Waals surface area (Å²) in [5.41, 5.74) is 7.61. The Hall–Kier alpha value is -7.07. The van der Waals surface area contributed by atoms with Crippen molar-refractivity contribution < 1.29 is 58.5 Å². The number of rotatable bonds is 21. The smallest absolute Gasteiger partial charge is 0.338 e. The zero-order valence-corrected chi connectivity index (χ0v) is 31.6. The topological polar surface area (TPSA) is 180 Å². The van der Waals surface area contributed by atoms with Crippen molar-refractivity contribution in [2.24, 2.45) is 0 Å². The summed E-state index contributed by atoms with van der Waals surface area (Å²) in [6.45, 7) is 0.217. The SMILES string of the molecule is O=C(OCc1ccccc1)c1ccc(COO)c(CONc2ccc(OCOc3ccc(NC(=O)c4cc(COOCc5ccccc5)ccc4C(=O)O)cc3)cc2)c1. The highest BCUT2D eigenvalue weighted by Crippen LogP contribution is 2.22. The number of aromatic carboxylic acids is 1. The summed E-state index contributed by atoms with van der Waals surface area (Å²) in [6.07, 6.45) is 0. The van der Waals surface area contributed by atoms with Crippen LogP contribution in [0.2, 0.25) is 0 Å². The quantitative estimate of drug-likeness (QED) is 0.0179. The van der Waals surface area contributed by atoms with Gasteiger partial charge >= 0.3 is 11.9 Å². The molecule has 0 unspecified atom stereocenters. The van der Waals surface area contributed by atoms with Crippen LogP contribution in [0.15, 0.2) is 146 Å². The third-order valence-corrected chi connectivity index (χ3v) is 8.65. The normalized spacial score (nSPS) is 10.7. The molecule has 302 valence electrons. The number of hydrogen-bond acceptors (Lipinski definition) is 12. The van der Waals surface area contributed by atoms with E-state index in [2.05, 4.69) is 15.7 Å². The predicted octanol–water partition coefficient (Wildman–Crippen LogP) is 8.59. The molecule has 0 atom stereocenters. The second-order valence-corrected chi connectivity index (χ2v) is 12.8. The molecule has 0 saturated heterocycles. The summed E-state index contributed by atoms with van der Waals surface area (Å²) in [5, 5.41) is 21.4. The summed E-state index contributed by atoms with van der Waals surface area (Å²) >= 11 is 0. The van der Waals surface area contributed by atoms with E-state index >= 15 is 0 Å². The second-order valence-electron chi connectivity index (χ2n) is 12.8. The lowest BCUT2D eigenvalue weighted by Gasteiger charge is -2.13. The van der Waals surface area contributed by atoms with Gasteiger partial charge in [-0.1, -0.05) is 72.8 Å². The van der Waals surface area contributed by atoms with Crippen molar-refractivity contribution in [3.8, 4) is 11.5 Å². The molecule has 1 amide bonds. The van der Waals surface area contributed by atoms with Crippen LogP contribution in [-0.2, 0) is 57.3 Å². The van der Waals surface area contributed by atoms with E-state index < -0.39 is 17.8 Å². The van der Waals surface area contributed by atoms with E-state index in [1.165, 1.54) is 12.1 Å². The summed E-state index contributed by atoms with van der Waals surface area (Å²) in [5.74, 6) is -1.36. The number of carbonyl (C=O) groups excluding carboxylic acids is 2. The van der Waals surface area contributed by atoms with Gasteiger partial charge in [0.25, 0.3) is 5.91 Å². The van der Waals surface area contributed by atoms with Gasteiger partial charge in [0.15, 0.2) is 0 Å². The molecule has 0 aliphatic heterocycles. The van der Waals surface area contributed by atoms with Crippen molar-refractivity contribution in [3.05, 3.63) is 190 Å². The molecule has 0 aromatic heterocycles. The van der Waals surface area contributed by atoms with Gasteiger partial charge in [0.2, 0.25) is 6.79 Å². The highest BCUT2D eigenvalue weighted by atomic mass is 17.2. The lowest BCUT2D eigenvalue weighted by atomic mass is 10.0. The maximum absolute atomic E-state index is 13.2. The molecular formula is C45H40N2O12. The Labute approximate surface area is 339 Å². The van der Waals surface area contributed by atoms with Gasteiger partial charge in [-0.3, -0.25) is 20.4 Å². The number of carbonyl (C=O) groups is 3. The van der Waals surface area contributed by atoms with Crippen LogP contribution in [0.3, 0.4) is 0 Å². The lowest BCUT2D eigenvalue weighted by Crippen LogP contribution is -2.17. The van der Waals surface area contributed by atoms with Gasteiger partial charge in [-0.15, -0.1) is 0 Å². The van der Waals surface area contributed by atoms with Crippen molar-refractivity contribution in [3.63, 3.8) is 0 Å². The van der Waals surface area contributed by atoms with Gasteiger partial charge in [0.1, 0.15) is 44.5 Å². The summed E-state index contributed by atoms with van der Waals surface area (Å²) in [6, 6.07) is 41.5. The maximum atomic E-state index is 13.2. The van der Waals surface area contributed by atoms with Crippen molar-refractivity contribution in [1.29, 1.82) is 0 Å². The Balaban J connectivity index is 0.937. The molecule has 0 aliphatic carbocycles. The van der Waals surface area contributed by atoms with Gasteiger partial charge in [-0.2, -0.15) is 0 Å². The first-order valence-corrected chi connectivity index (χ1v) is 18.2. The average molecular weight is 801 g/mol. The second kappa shape index (κ2) is 21.5. The molecule has 0 aliphatic rings. The first-order valence-electron chi connectivity index (χ1n) is 18.2. The highest BCUT2D eigenvalue weighted by molar-refractivity contribution is 6.10. The van der Waals surface area contributed by atoms with Gasteiger partial charge in [-0.05, 0) is 101 Å². The van der Waals surface area contributed by atoms with E-state index in [-0.39, 0.29) is 51.0 Å². The Morgan fingerprint density at radius 3 is 1.78 bits per heavy atom. The van der Waals surface area contributed by atoms with Gasteiger partial charge in [-0.25, -0.2) is 24.3 Å². The first kappa shape index (κ1) is 41.6. The van der Waals surface area contributed by atoms with E-state index in [4.69, 9.17) is 34.1 Å². The highest BCUT2D eigenvalue weighted by Gasteiger charge is 2.18. The summed E-state index contributed by atoms with van der Waals surface area (Å²) < 4.78 is 16.8. The molecule has 14 nitrogen and oxygen atoms in total. The van der Waals surface area contributed by atoms with Gasteiger partial charge in [0.05, 0.1) is 22.4 Å². The molecule has 0 fully saturated rings. The van der Waals surface area contributed by atoms with Crippen LogP contribution in [0.25, 0.3) is 0 Å². The number of anilines is 2. The van der Waals surface area contributed by atoms with Crippen molar-refractivity contribution in [2.75, 3.05) is 17.6 Å². The number of amides is 1. The number of nitrogens with one attached hydrogen (secondary N) is 2. The molecule has 6 rings (SSSR count). The standard InChI is InChI=1S/C45H40N2O12/c48-43(42-23-33(11-22-41(42)44(49)50)27-59-58-26-32-9-5-2-6-10-32)46-37-14-18-39(19-15-37)54-30-55-40-20-16-38(17-21-40)47-56-28-36-24-34(12-13-35(36)29-57-52)45(51)53-25-31-7-3-1-4-8-31/h1-24,47,52H,25-30H2,(H,46,48)(H,49,50). The minimum Gasteiger partial charge on any atom is -0.478 e. The minimum absolute atomic E-state index is 0.00817. The van der Waals surface area contributed by atoms with E-state index in [1.807, 2.05) is 60.7 Å². The molecule has 59 heavy (non-hydrogen) atoms. The molecule has 0 saturated carbocycles. The average Bonchev–Trinajstić information content (AvgIpc) is 3.26. The van der Waals surface area contributed by atoms with Crippen molar-refractivity contribution in [1.82, 2.24) is 0 Å². The largest absolute Gasteiger partial charge is 0.478 e. The molecule has 0 radical (unpaired) electrons. The lowest BCUT2D eigenvalue weighted by molar-refractivity contribution is -0.313. The fourth-order valence-corrected chi connectivity index (χ4v) is 5.57. The van der Waals surface area contributed by atoms with E-state index in [9.17, 15) is 19.5 Å². The fraction of sp³-hybridized carbons (Fsp3) is 0.133. The first-order chi connectivity index (χ1) is 28.8. The molecule has 6 aromatic rings. The van der Waals surface area contributed by atoms with Crippen LogP contribution in [0.1, 0.15) is 58.9 Å². The van der Waals surface area contributed by atoms with Crippen LogP contribution in [0.4, 0.5) is 11.4 Å². The number of carboxylic acid groups (broad SMARTS) is 1. The van der Waals surface area contributed by atoms with Crippen LogP contribution < -0.4 is 20.3 Å². The zero-order chi connectivity index (χ0) is 41.2. The number of carboxylic acids is 1. The number of esters is 1. The van der Waals surface area contributed by atoms with Gasteiger partial charge < -0.3 is 24.6 Å². The Morgan fingerprint density at radius 1 is 0.542 bits per heavy atom. The predicted molar refractivity (Wildman–Crippen MR) is 214 cm³/mol.